The third kappa shape index (κ3) is 3.67. The van der Waals surface area contributed by atoms with E-state index in [1.807, 2.05) is 54.6 Å². The van der Waals surface area contributed by atoms with E-state index in [9.17, 15) is 13.5 Å². The van der Waals surface area contributed by atoms with Crippen molar-refractivity contribution in [3.05, 3.63) is 60.2 Å². The van der Waals surface area contributed by atoms with Crippen LogP contribution in [0.25, 0.3) is 11.1 Å². The van der Waals surface area contributed by atoms with E-state index in [0.29, 0.717) is 5.56 Å². The highest BCUT2D eigenvalue weighted by molar-refractivity contribution is 7.90. The van der Waals surface area contributed by atoms with Crippen LogP contribution in [-0.4, -0.2) is 44.9 Å². The molecule has 0 radical (unpaired) electrons. The highest BCUT2D eigenvalue weighted by atomic mass is 32.2. The molecule has 0 saturated carbocycles. The van der Waals surface area contributed by atoms with Gasteiger partial charge >= 0.3 is 0 Å². The van der Waals surface area contributed by atoms with Gasteiger partial charge in [0.25, 0.3) is 0 Å². The summed E-state index contributed by atoms with van der Waals surface area (Å²) in [4.78, 5) is 0. The van der Waals surface area contributed by atoms with Crippen molar-refractivity contribution in [3.8, 4) is 11.1 Å². The maximum Gasteiger partial charge on any atom is 0.209 e. The minimum absolute atomic E-state index is 0.159. The average Bonchev–Trinajstić information content (AvgIpc) is 2.98. The number of sulfone groups is 1. The monoisotopic (exact) mass is 348 g/mol. The van der Waals surface area contributed by atoms with E-state index in [4.69, 9.17) is 9.47 Å². The van der Waals surface area contributed by atoms with Crippen molar-refractivity contribution in [1.29, 1.82) is 0 Å². The van der Waals surface area contributed by atoms with Crippen LogP contribution in [0.5, 0.6) is 0 Å². The van der Waals surface area contributed by atoms with E-state index >= 15 is 0 Å². The molecule has 0 amide bonds. The van der Waals surface area contributed by atoms with Gasteiger partial charge in [-0.3, -0.25) is 0 Å². The van der Waals surface area contributed by atoms with Gasteiger partial charge in [-0.15, -0.1) is 0 Å². The van der Waals surface area contributed by atoms with Crippen LogP contribution >= 0.6 is 0 Å². The molecule has 3 rings (SSSR count). The SMILES string of the molecule is CS(=O)(=O)C[C@@]1(c2ccc(-c3ccccc3)cc2)OC[C@@H](CO)O1. The first kappa shape index (κ1) is 17.1. The quantitative estimate of drug-likeness (QED) is 0.894. The summed E-state index contributed by atoms with van der Waals surface area (Å²) < 4.78 is 35.1. The van der Waals surface area contributed by atoms with Crippen molar-refractivity contribution in [2.75, 3.05) is 25.2 Å². The van der Waals surface area contributed by atoms with Crippen LogP contribution in [0.2, 0.25) is 0 Å². The number of hydrogen-bond donors (Lipinski definition) is 1. The second-order valence-electron chi connectivity index (χ2n) is 6.00. The average molecular weight is 348 g/mol. The minimum Gasteiger partial charge on any atom is -0.394 e. The van der Waals surface area contributed by atoms with Crippen LogP contribution in [0, 0.1) is 0 Å². The Morgan fingerprint density at radius 3 is 2.25 bits per heavy atom. The molecular weight excluding hydrogens is 328 g/mol. The zero-order valence-electron chi connectivity index (χ0n) is 13.4. The lowest BCUT2D eigenvalue weighted by Crippen LogP contribution is -2.36. The highest BCUT2D eigenvalue weighted by Crippen LogP contribution is 2.36. The van der Waals surface area contributed by atoms with Crippen molar-refractivity contribution in [3.63, 3.8) is 0 Å². The summed E-state index contributed by atoms with van der Waals surface area (Å²) in [6.45, 7) is -0.0555. The molecule has 0 spiro atoms. The van der Waals surface area contributed by atoms with Crippen molar-refractivity contribution >= 4 is 9.84 Å². The largest absolute Gasteiger partial charge is 0.394 e. The van der Waals surface area contributed by atoms with E-state index in [0.717, 1.165) is 17.4 Å². The number of benzene rings is 2. The molecule has 2 aromatic rings. The number of hydrogen-bond acceptors (Lipinski definition) is 5. The topological polar surface area (TPSA) is 72.8 Å². The summed E-state index contributed by atoms with van der Waals surface area (Å²) >= 11 is 0. The molecule has 0 aliphatic carbocycles. The second kappa shape index (κ2) is 6.64. The van der Waals surface area contributed by atoms with E-state index in [1.54, 1.807) is 0 Å². The van der Waals surface area contributed by atoms with Crippen molar-refractivity contribution < 1.29 is 23.0 Å². The first-order valence-corrected chi connectivity index (χ1v) is 9.74. The van der Waals surface area contributed by atoms with Gasteiger partial charge in [-0.2, -0.15) is 0 Å². The summed E-state index contributed by atoms with van der Waals surface area (Å²) in [6, 6.07) is 17.3. The van der Waals surface area contributed by atoms with Crippen LogP contribution in [-0.2, 0) is 25.1 Å². The highest BCUT2D eigenvalue weighted by Gasteiger charge is 2.45. The summed E-state index contributed by atoms with van der Waals surface area (Å²) in [7, 11) is -3.34. The molecule has 2 atom stereocenters. The smallest absolute Gasteiger partial charge is 0.209 e. The van der Waals surface area contributed by atoms with Gasteiger partial charge in [0.2, 0.25) is 5.79 Å². The maximum atomic E-state index is 11.8. The standard InChI is InChI=1S/C18H20O5S/c1-24(20,21)13-18(22-12-17(11-19)23-18)16-9-7-15(8-10-16)14-5-3-2-4-6-14/h2-10,17,19H,11-13H2,1H3/t17-,18-/m1/s1. The fourth-order valence-corrected chi connectivity index (χ4v) is 3.87. The van der Waals surface area contributed by atoms with Gasteiger partial charge in [-0.1, -0.05) is 54.6 Å². The minimum atomic E-state index is -3.34. The van der Waals surface area contributed by atoms with E-state index < -0.39 is 21.7 Å². The van der Waals surface area contributed by atoms with Gasteiger partial charge in [0, 0.05) is 11.8 Å². The Morgan fingerprint density at radius 2 is 1.71 bits per heavy atom. The maximum absolute atomic E-state index is 11.8. The molecular formula is C18H20O5S. The van der Waals surface area contributed by atoms with Crippen molar-refractivity contribution in [2.24, 2.45) is 0 Å². The molecule has 1 N–H and O–H groups in total. The van der Waals surface area contributed by atoms with Gasteiger partial charge in [-0.05, 0) is 11.1 Å². The molecule has 0 unspecified atom stereocenters. The molecule has 1 fully saturated rings. The number of aliphatic hydroxyl groups excluding tert-OH is 1. The van der Waals surface area contributed by atoms with Gasteiger partial charge < -0.3 is 14.6 Å². The lowest BCUT2D eigenvalue weighted by atomic mass is 10.0. The van der Waals surface area contributed by atoms with E-state index in [1.165, 1.54) is 0 Å². The zero-order chi connectivity index (χ0) is 17.2. The predicted molar refractivity (Wildman–Crippen MR) is 91.2 cm³/mol. The Hall–Kier alpha value is -1.73. The lowest BCUT2D eigenvalue weighted by Gasteiger charge is -2.27. The molecule has 0 bridgehead atoms. The Kier molecular flexibility index (Phi) is 4.73. The molecule has 5 nitrogen and oxygen atoms in total. The fraction of sp³-hybridized carbons (Fsp3) is 0.333. The molecule has 1 aliphatic heterocycles. The van der Waals surface area contributed by atoms with Gasteiger partial charge in [0.05, 0.1) is 13.2 Å². The molecule has 1 aliphatic rings. The van der Waals surface area contributed by atoms with Gasteiger partial charge in [-0.25, -0.2) is 8.42 Å². The molecule has 6 heteroatoms. The Balaban J connectivity index is 1.94. The molecule has 1 saturated heterocycles. The third-order valence-electron chi connectivity index (χ3n) is 3.95. The summed E-state index contributed by atoms with van der Waals surface area (Å²) in [5.41, 5.74) is 2.72. The van der Waals surface area contributed by atoms with E-state index in [-0.39, 0.29) is 19.0 Å². The first-order valence-electron chi connectivity index (χ1n) is 7.68. The molecule has 128 valence electrons. The fourth-order valence-electron chi connectivity index (χ4n) is 2.86. The predicted octanol–water partition coefficient (Wildman–Crippen LogP) is 1.96. The van der Waals surface area contributed by atoms with E-state index in [2.05, 4.69) is 0 Å². The molecule has 1 heterocycles. The number of rotatable bonds is 5. The van der Waals surface area contributed by atoms with Crippen LogP contribution in [0.1, 0.15) is 5.56 Å². The summed E-state index contributed by atoms with van der Waals surface area (Å²) in [5.74, 6) is -1.66. The first-order chi connectivity index (χ1) is 11.4. The zero-order valence-corrected chi connectivity index (χ0v) is 14.2. The third-order valence-corrected chi connectivity index (χ3v) is 4.85. The van der Waals surface area contributed by atoms with Gasteiger partial charge in [0.1, 0.15) is 11.9 Å². The Morgan fingerprint density at radius 1 is 1.08 bits per heavy atom. The molecule has 24 heavy (non-hydrogen) atoms. The van der Waals surface area contributed by atoms with Crippen LogP contribution < -0.4 is 0 Å². The number of ether oxygens (including phenoxy) is 2. The lowest BCUT2D eigenvalue weighted by molar-refractivity contribution is -0.162. The number of aliphatic hydroxyl groups is 1. The van der Waals surface area contributed by atoms with Crippen molar-refractivity contribution in [2.45, 2.75) is 11.9 Å². The van der Waals surface area contributed by atoms with Crippen LogP contribution in [0.15, 0.2) is 54.6 Å². The summed E-state index contributed by atoms with van der Waals surface area (Å²) in [5, 5.41) is 9.28. The Bertz CT molecular complexity index is 786. The van der Waals surface area contributed by atoms with Crippen LogP contribution in [0.3, 0.4) is 0 Å². The normalized spacial score (nSPS) is 24.2. The molecule has 2 aromatic carbocycles. The summed E-state index contributed by atoms with van der Waals surface area (Å²) in [6.07, 6.45) is 0.618. The van der Waals surface area contributed by atoms with Gasteiger partial charge in [0.15, 0.2) is 9.84 Å². The second-order valence-corrected chi connectivity index (χ2v) is 8.14. The Labute approximate surface area is 141 Å². The molecule has 0 aromatic heterocycles. The van der Waals surface area contributed by atoms with Crippen LogP contribution in [0.4, 0.5) is 0 Å². The van der Waals surface area contributed by atoms with Crippen molar-refractivity contribution in [1.82, 2.24) is 0 Å².